The highest BCUT2D eigenvalue weighted by atomic mass is 14.3. The second kappa shape index (κ2) is 11.4. The minimum atomic E-state index is 1.22. The highest BCUT2D eigenvalue weighted by molar-refractivity contribution is 6.33. The number of hydrogen-bond donors (Lipinski definition) is 0. The first kappa shape index (κ1) is 29.0. The van der Waals surface area contributed by atoms with E-state index >= 15 is 0 Å². The van der Waals surface area contributed by atoms with Gasteiger partial charge in [-0.3, -0.25) is 0 Å². The van der Waals surface area contributed by atoms with E-state index in [4.69, 9.17) is 0 Å². The van der Waals surface area contributed by atoms with Crippen LogP contribution in [0.2, 0.25) is 0 Å². The van der Waals surface area contributed by atoms with E-state index in [9.17, 15) is 0 Å². The molecular formula is C52H32. The molecule has 240 valence electrons. The van der Waals surface area contributed by atoms with Gasteiger partial charge in [0.25, 0.3) is 0 Å². The van der Waals surface area contributed by atoms with Crippen molar-refractivity contribution >= 4 is 43.1 Å². The first-order valence-electron chi connectivity index (χ1n) is 18.1. The van der Waals surface area contributed by atoms with Crippen molar-refractivity contribution < 1.29 is 0 Å². The van der Waals surface area contributed by atoms with Gasteiger partial charge in [-0.1, -0.05) is 176 Å². The summed E-state index contributed by atoms with van der Waals surface area (Å²) in [7, 11) is 0. The first-order valence-corrected chi connectivity index (χ1v) is 18.1. The van der Waals surface area contributed by atoms with Crippen molar-refractivity contribution in [1.29, 1.82) is 0 Å². The molecule has 0 N–H and O–H groups in total. The Morgan fingerprint density at radius 2 is 0.692 bits per heavy atom. The summed E-state index contributed by atoms with van der Waals surface area (Å²) < 4.78 is 0. The molecule has 0 radical (unpaired) electrons. The third-order valence-corrected chi connectivity index (χ3v) is 11.2. The van der Waals surface area contributed by atoms with E-state index in [-0.39, 0.29) is 0 Å². The summed E-state index contributed by atoms with van der Waals surface area (Å²) in [5, 5.41) is 10.3. The summed E-state index contributed by atoms with van der Waals surface area (Å²) in [6, 6.07) is 71.7. The van der Waals surface area contributed by atoms with Gasteiger partial charge in [0.1, 0.15) is 0 Å². The molecule has 0 bridgehead atoms. The van der Waals surface area contributed by atoms with Crippen LogP contribution in [0.5, 0.6) is 0 Å². The van der Waals surface area contributed by atoms with Gasteiger partial charge < -0.3 is 0 Å². The van der Waals surface area contributed by atoms with Crippen LogP contribution in [0.3, 0.4) is 0 Å². The van der Waals surface area contributed by atoms with Gasteiger partial charge in [0.05, 0.1) is 0 Å². The van der Waals surface area contributed by atoms with E-state index in [1.807, 2.05) is 0 Å². The molecule has 0 amide bonds. The van der Waals surface area contributed by atoms with Gasteiger partial charge in [0.2, 0.25) is 0 Å². The molecule has 10 aromatic carbocycles. The topological polar surface area (TPSA) is 0 Å². The fourth-order valence-electron chi connectivity index (χ4n) is 8.97. The van der Waals surface area contributed by atoms with Crippen LogP contribution < -0.4 is 0 Å². The maximum atomic E-state index is 2.51. The lowest BCUT2D eigenvalue weighted by Gasteiger charge is -2.21. The average molecular weight is 657 g/mol. The molecule has 1 aliphatic carbocycles. The Bertz CT molecular complexity index is 3010. The summed E-state index contributed by atoms with van der Waals surface area (Å²) in [6.07, 6.45) is 0. The SMILES string of the molecule is c1ccc(-c2ccc3c(-c4ccccc4)c4c(c(-c5ccccc5)c3c2)-c2cccc3c2c-4cc2c4ccccc4c(-c4ccccc4)cc32)cc1. The fraction of sp³-hybridized carbons (Fsp3) is 0. The number of rotatable bonds is 4. The average Bonchev–Trinajstić information content (AvgIpc) is 3.55. The molecule has 0 heteroatoms. The molecule has 0 aromatic heterocycles. The van der Waals surface area contributed by atoms with Crippen LogP contribution in [-0.4, -0.2) is 0 Å². The van der Waals surface area contributed by atoms with Crippen molar-refractivity contribution in [2.24, 2.45) is 0 Å². The molecule has 0 aliphatic heterocycles. The van der Waals surface area contributed by atoms with Crippen molar-refractivity contribution in [3.8, 4) is 66.8 Å². The molecule has 0 fully saturated rings. The Kier molecular flexibility index (Phi) is 6.35. The summed E-state index contributed by atoms with van der Waals surface area (Å²) in [6.45, 7) is 0. The van der Waals surface area contributed by atoms with E-state index in [1.165, 1.54) is 110 Å². The minimum absolute atomic E-state index is 1.22. The molecule has 0 heterocycles. The third kappa shape index (κ3) is 4.22. The number of fused-ring (bicyclic) bond motifs is 8. The van der Waals surface area contributed by atoms with Crippen LogP contribution in [0, 0.1) is 0 Å². The molecule has 0 saturated heterocycles. The molecule has 1 aliphatic rings. The normalized spacial score (nSPS) is 11.8. The summed E-state index contributed by atoms with van der Waals surface area (Å²) in [5.41, 5.74) is 15.3. The predicted molar refractivity (Wildman–Crippen MR) is 223 cm³/mol. The Morgan fingerprint density at radius 3 is 1.37 bits per heavy atom. The molecule has 0 saturated carbocycles. The van der Waals surface area contributed by atoms with Crippen molar-refractivity contribution in [3.63, 3.8) is 0 Å². The standard InChI is InChI=1S/C52H32/c1-5-16-33(17-6-1)37-28-29-41-46(30-37)49(36-22-11-4-12-23-36)51-42-27-15-26-40-45-31-43(34-18-7-2-8-19-34)38-24-13-14-25-39(38)44(45)32-47(50(40)42)52(51)48(41)35-20-9-3-10-21-35/h1-32H. The molecular weight excluding hydrogens is 625 g/mol. The van der Waals surface area contributed by atoms with Gasteiger partial charge in [-0.15, -0.1) is 0 Å². The summed E-state index contributed by atoms with van der Waals surface area (Å²) >= 11 is 0. The van der Waals surface area contributed by atoms with Crippen molar-refractivity contribution in [2.45, 2.75) is 0 Å². The monoisotopic (exact) mass is 656 g/mol. The zero-order valence-corrected chi connectivity index (χ0v) is 28.5. The van der Waals surface area contributed by atoms with Crippen molar-refractivity contribution in [1.82, 2.24) is 0 Å². The van der Waals surface area contributed by atoms with Crippen LogP contribution in [0.15, 0.2) is 194 Å². The predicted octanol–water partition coefficient (Wildman–Crippen LogP) is 14.6. The Hall–Kier alpha value is -6.76. The Labute approximate surface area is 302 Å². The smallest absolute Gasteiger partial charge is 0.000719 e. The van der Waals surface area contributed by atoms with Crippen LogP contribution in [0.1, 0.15) is 0 Å². The van der Waals surface area contributed by atoms with Crippen molar-refractivity contribution in [3.05, 3.63) is 194 Å². The second-order valence-electron chi connectivity index (χ2n) is 13.9. The highest BCUT2D eigenvalue weighted by Gasteiger charge is 2.31. The zero-order chi connectivity index (χ0) is 34.2. The third-order valence-electron chi connectivity index (χ3n) is 11.2. The maximum absolute atomic E-state index is 2.51. The quantitative estimate of drug-likeness (QED) is 0.165. The molecule has 0 nitrogen and oxygen atoms in total. The number of benzene rings is 10. The lowest BCUT2D eigenvalue weighted by atomic mass is 9.81. The summed E-state index contributed by atoms with van der Waals surface area (Å²) in [4.78, 5) is 0. The van der Waals surface area contributed by atoms with Crippen LogP contribution in [0.25, 0.3) is 110 Å². The van der Waals surface area contributed by atoms with E-state index in [2.05, 4.69) is 194 Å². The van der Waals surface area contributed by atoms with Gasteiger partial charge >= 0.3 is 0 Å². The molecule has 0 unspecified atom stereocenters. The van der Waals surface area contributed by atoms with Crippen LogP contribution >= 0.6 is 0 Å². The molecule has 10 aromatic rings. The summed E-state index contributed by atoms with van der Waals surface area (Å²) in [5.74, 6) is 0. The molecule has 11 rings (SSSR count). The Morgan fingerprint density at radius 1 is 0.192 bits per heavy atom. The van der Waals surface area contributed by atoms with E-state index in [0.717, 1.165) is 0 Å². The number of hydrogen-bond acceptors (Lipinski definition) is 0. The lowest BCUT2D eigenvalue weighted by molar-refractivity contribution is 1.61. The zero-order valence-electron chi connectivity index (χ0n) is 28.5. The fourth-order valence-corrected chi connectivity index (χ4v) is 8.97. The van der Waals surface area contributed by atoms with E-state index in [1.54, 1.807) is 0 Å². The van der Waals surface area contributed by atoms with Gasteiger partial charge in [-0.05, 0) is 128 Å². The maximum Gasteiger partial charge on any atom is -0.000719 e. The second-order valence-corrected chi connectivity index (χ2v) is 13.9. The van der Waals surface area contributed by atoms with Crippen molar-refractivity contribution in [2.75, 3.05) is 0 Å². The highest BCUT2D eigenvalue weighted by Crippen LogP contribution is 2.59. The largest absolute Gasteiger partial charge is 0.0622 e. The van der Waals surface area contributed by atoms with Crippen LogP contribution in [-0.2, 0) is 0 Å². The van der Waals surface area contributed by atoms with Crippen LogP contribution in [0.4, 0.5) is 0 Å². The van der Waals surface area contributed by atoms with Gasteiger partial charge in [-0.2, -0.15) is 0 Å². The molecule has 0 atom stereocenters. The first-order chi connectivity index (χ1) is 25.8. The lowest BCUT2D eigenvalue weighted by Crippen LogP contribution is -1.94. The van der Waals surface area contributed by atoms with Gasteiger partial charge in [0.15, 0.2) is 0 Å². The minimum Gasteiger partial charge on any atom is -0.0622 e. The molecule has 52 heavy (non-hydrogen) atoms. The Balaban J connectivity index is 1.34. The van der Waals surface area contributed by atoms with Gasteiger partial charge in [-0.25, -0.2) is 0 Å². The van der Waals surface area contributed by atoms with E-state index in [0.29, 0.717) is 0 Å². The van der Waals surface area contributed by atoms with Gasteiger partial charge in [0, 0.05) is 0 Å². The van der Waals surface area contributed by atoms with E-state index < -0.39 is 0 Å². The molecule has 0 spiro atoms.